The van der Waals surface area contributed by atoms with E-state index >= 15 is 0 Å². The van der Waals surface area contributed by atoms with Crippen molar-refractivity contribution in [1.29, 1.82) is 0 Å². The molecule has 9 aromatic carbocycles. The second kappa shape index (κ2) is 10.6. The fourth-order valence-electron chi connectivity index (χ4n) is 7.47. The van der Waals surface area contributed by atoms with Gasteiger partial charge in [-0.05, 0) is 97.4 Å². The third-order valence-corrected chi connectivity index (χ3v) is 9.80. The number of benzene rings is 9. The van der Waals surface area contributed by atoms with Gasteiger partial charge in [0.1, 0.15) is 11.2 Å². The minimum Gasteiger partial charge on any atom is -0.455 e. The van der Waals surface area contributed by atoms with Gasteiger partial charge in [-0.1, -0.05) is 127 Å². The molecule has 0 fully saturated rings. The van der Waals surface area contributed by atoms with E-state index in [9.17, 15) is 0 Å². The predicted molar refractivity (Wildman–Crippen MR) is 204 cm³/mol. The Balaban J connectivity index is 1.18. The first kappa shape index (κ1) is 26.8. The van der Waals surface area contributed by atoms with Crippen LogP contribution in [0.3, 0.4) is 0 Å². The van der Waals surface area contributed by atoms with E-state index in [-0.39, 0.29) is 0 Å². The number of rotatable bonds is 4. The van der Waals surface area contributed by atoms with Gasteiger partial charge in [0.15, 0.2) is 0 Å². The molecule has 0 aliphatic heterocycles. The summed E-state index contributed by atoms with van der Waals surface area (Å²) in [5, 5.41) is 12.1. The zero-order valence-electron chi connectivity index (χ0n) is 26.1. The summed E-state index contributed by atoms with van der Waals surface area (Å²) in [7, 11) is 0. The quantitative estimate of drug-likeness (QED) is 0.184. The molecule has 2 heteroatoms. The molecule has 0 N–H and O–H groups in total. The van der Waals surface area contributed by atoms with Crippen molar-refractivity contribution in [3.63, 3.8) is 0 Å². The van der Waals surface area contributed by atoms with Gasteiger partial charge in [0.25, 0.3) is 0 Å². The van der Waals surface area contributed by atoms with E-state index in [2.05, 4.69) is 181 Å². The topological polar surface area (TPSA) is 16.4 Å². The van der Waals surface area contributed by atoms with Crippen molar-refractivity contribution in [2.45, 2.75) is 0 Å². The minimum atomic E-state index is 0.890. The highest BCUT2D eigenvalue weighted by Gasteiger charge is 2.18. The Morgan fingerprint density at radius 3 is 1.73 bits per heavy atom. The third-order valence-electron chi connectivity index (χ3n) is 9.80. The van der Waals surface area contributed by atoms with Gasteiger partial charge in [-0.3, -0.25) is 0 Å². The predicted octanol–water partition coefficient (Wildman–Crippen LogP) is 13.3. The largest absolute Gasteiger partial charge is 0.455 e. The Kier molecular flexibility index (Phi) is 5.91. The summed E-state index contributed by atoms with van der Waals surface area (Å²) >= 11 is 0. The normalized spacial score (nSPS) is 11.8. The standard InChI is InChI=1S/C46H29NO/c1-2-8-30(9-3-1)31-18-21-36(22-19-31)47(38-24-27-44-43(29-38)42-25-20-33-11-5-7-13-41(33)46(42)48-44)37-23-26-40-35(28-37)17-16-34-15-14-32-10-4-6-12-39(32)45(34)40/h1-29H. The molecule has 2 nitrogen and oxygen atoms in total. The van der Waals surface area contributed by atoms with Gasteiger partial charge in [0.2, 0.25) is 0 Å². The van der Waals surface area contributed by atoms with Gasteiger partial charge in [0, 0.05) is 33.2 Å². The molecule has 10 rings (SSSR count). The molecule has 0 saturated heterocycles. The lowest BCUT2D eigenvalue weighted by molar-refractivity contribution is 0.672. The maximum Gasteiger partial charge on any atom is 0.143 e. The summed E-state index contributed by atoms with van der Waals surface area (Å²) in [6.45, 7) is 0. The van der Waals surface area contributed by atoms with Crippen molar-refractivity contribution in [2.75, 3.05) is 4.90 Å². The number of furan rings is 1. The van der Waals surface area contributed by atoms with Crippen LogP contribution in [0.4, 0.5) is 17.1 Å². The van der Waals surface area contributed by atoms with E-state index in [0.717, 1.165) is 44.4 Å². The Morgan fingerprint density at radius 1 is 0.333 bits per heavy atom. The van der Waals surface area contributed by atoms with Gasteiger partial charge >= 0.3 is 0 Å². The Morgan fingerprint density at radius 2 is 0.896 bits per heavy atom. The van der Waals surface area contributed by atoms with Crippen LogP contribution in [-0.4, -0.2) is 0 Å². The Hall–Kier alpha value is -6.38. The summed E-state index contributed by atoms with van der Waals surface area (Å²) in [5.74, 6) is 0. The first-order valence-corrected chi connectivity index (χ1v) is 16.4. The molecule has 10 aromatic rings. The number of nitrogens with zero attached hydrogens (tertiary/aromatic N) is 1. The summed E-state index contributed by atoms with van der Waals surface area (Å²) in [6, 6.07) is 63.4. The van der Waals surface area contributed by atoms with Gasteiger partial charge < -0.3 is 9.32 Å². The molecule has 224 valence electrons. The molecule has 0 saturated carbocycles. The van der Waals surface area contributed by atoms with E-state index in [0.29, 0.717) is 0 Å². The average Bonchev–Trinajstić information content (AvgIpc) is 3.54. The van der Waals surface area contributed by atoms with Crippen molar-refractivity contribution >= 4 is 82.1 Å². The molecule has 0 atom stereocenters. The first-order chi connectivity index (χ1) is 23.8. The van der Waals surface area contributed by atoms with Crippen LogP contribution in [0, 0.1) is 0 Å². The molecule has 0 bridgehead atoms. The Bertz CT molecular complexity index is 2830. The molecule has 0 aliphatic rings. The fourth-order valence-corrected chi connectivity index (χ4v) is 7.47. The lowest BCUT2D eigenvalue weighted by Gasteiger charge is -2.26. The van der Waals surface area contributed by atoms with Gasteiger partial charge in [-0.15, -0.1) is 0 Å². The highest BCUT2D eigenvalue weighted by molar-refractivity contribution is 6.21. The number of hydrogen-bond acceptors (Lipinski definition) is 2. The van der Waals surface area contributed by atoms with Crippen molar-refractivity contribution in [1.82, 2.24) is 0 Å². The van der Waals surface area contributed by atoms with Crippen molar-refractivity contribution < 1.29 is 4.42 Å². The molecule has 0 unspecified atom stereocenters. The molecule has 48 heavy (non-hydrogen) atoms. The van der Waals surface area contributed by atoms with E-state index in [4.69, 9.17) is 4.42 Å². The first-order valence-electron chi connectivity index (χ1n) is 16.4. The summed E-state index contributed by atoms with van der Waals surface area (Å²) in [4.78, 5) is 2.36. The van der Waals surface area contributed by atoms with Gasteiger partial charge in [0.05, 0.1) is 0 Å². The molecular formula is C46H29NO. The SMILES string of the molecule is c1ccc(-c2ccc(N(c3ccc4c(ccc5ccc6ccccc6c54)c3)c3ccc4oc5c6ccccc6ccc5c4c3)cc2)cc1. The molecule has 0 amide bonds. The zero-order chi connectivity index (χ0) is 31.6. The van der Waals surface area contributed by atoms with Crippen LogP contribution in [-0.2, 0) is 0 Å². The van der Waals surface area contributed by atoms with Crippen LogP contribution >= 0.6 is 0 Å². The lowest BCUT2D eigenvalue weighted by atomic mass is 9.96. The molecule has 0 aliphatic carbocycles. The van der Waals surface area contributed by atoms with Crippen LogP contribution in [0.15, 0.2) is 180 Å². The van der Waals surface area contributed by atoms with E-state index in [1.165, 1.54) is 48.8 Å². The van der Waals surface area contributed by atoms with Crippen LogP contribution in [0.25, 0.3) is 76.2 Å². The minimum absolute atomic E-state index is 0.890. The molecule has 0 spiro atoms. The van der Waals surface area contributed by atoms with Crippen LogP contribution < -0.4 is 4.90 Å². The number of anilines is 3. The van der Waals surface area contributed by atoms with Crippen molar-refractivity contribution in [3.8, 4) is 11.1 Å². The van der Waals surface area contributed by atoms with E-state index < -0.39 is 0 Å². The molecular weight excluding hydrogens is 583 g/mol. The smallest absolute Gasteiger partial charge is 0.143 e. The van der Waals surface area contributed by atoms with Crippen LogP contribution in [0.1, 0.15) is 0 Å². The third kappa shape index (κ3) is 4.20. The monoisotopic (exact) mass is 611 g/mol. The highest BCUT2D eigenvalue weighted by Crippen LogP contribution is 2.42. The van der Waals surface area contributed by atoms with Crippen LogP contribution in [0.2, 0.25) is 0 Å². The molecule has 0 radical (unpaired) electrons. The lowest BCUT2D eigenvalue weighted by Crippen LogP contribution is -2.09. The second-order valence-corrected chi connectivity index (χ2v) is 12.6. The van der Waals surface area contributed by atoms with E-state index in [1.807, 2.05) is 0 Å². The van der Waals surface area contributed by atoms with Crippen molar-refractivity contribution in [2.24, 2.45) is 0 Å². The fraction of sp³-hybridized carbons (Fsp3) is 0. The maximum atomic E-state index is 6.49. The number of hydrogen-bond donors (Lipinski definition) is 0. The summed E-state index contributed by atoms with van der Waals surface area (Å²) in [5.41, 5.74) is 7.50. The molecule has 1 aromatic heterocycles. The highest BCUT2D eigenvalue weighted by atomic mass is 16.3. The van der Waals surface area contributed by atoms with Crippen molar-refractivity contribution in [3.05, 3.63) is 176 Å². The summed E-state index contributed by atoms with van der Waals surface area (Å²) in [6.07, 6.45) is 0. The zero-order valence-corrected chi connectivity index (χ0v) is 26.1. The summed E-state index contributed by atoms with van der Waals surface area (Å²) < 4.78 is 6.49. The number of fused-ring (bicyclic) bond motifs is 10. The van der Waals surface area contributed by atoms with Crippen LogP contribution in [0.5, 0.6) is 0 Å². The molecule has 1 heterocycles. The average molecular weight is 612 g/mol. The van der Waals surface area contributed by atoms with Gasteiger partial charge in [-0.25, -0.2) is 0 Å². The second-order valence-electron chi connectivity index (χ2n) is 12.6. The maximum absolute atomic E-state index is 6.49. The van der Waals surface area contributed by atoms with Gasteiger partial charge in [-0.2, -0.15) is 0 Å². The van der Waals surface area contributed by atoms with E-state index in [1.54, 1.807) is 0 Å². The Labute approximate surface area is 277 Å².